The number of rotatable bonds is 8. The lowest BCUT2D eigenvalue weighted by Crippen LogP contribution is -2.54. The summed E-state index contributed by atoms with van der Waals surface area (Å²) in [6.07, 6.45) is 8.72. The zero-order valence-electron chi connectivity index (χ0n) is 19.2. The quantitative estimate of drug-likeness (QED) is 0.224. The molecule has 0 saturated carbocycles. The Kier molecular flexibility index (Phi) is 7.12. The van der Waals surface area contributed by atoms with Crippen molar-refractivity contribution < 1.29 is 23.9 Å². The molecule has 1 saturated heterocycles. The van der Waals surface area contributed by atoms with Crippen molar-refractivity contribution in [3.63, 3.8) is 0 Å². The van der Waals surface area contributed by atoms with Gasteiger partial charge >= 0.3 is 6.03 Å². The monoisotopic (exact) mass is 468 g/mol. The molecule has 1 fully saturated rings. The molecule has 4 amide bonds. The molecule has 1 aliphatic heterocycles. The number of barbiturate groups is 1. The third-order valence-electron chi connectivity index (χ3n) is 5.49. The zero-order chi connectivity index (χ0) is 24.8. The number of terminal acetylenes is 1. The predicted molar refractivity (Wildman–Crippen MR) is 134 cm³/mol. The highest BCUT2D eigenvalue weighted by Gasteiger charge is 2.37. The summed E-state index contributed by atoms with van der Waals surface area (Å²) in [5.41, 5.74) is 0.635. The first kappa shape index (κ1) is 23.6. The Bertz CT molecular complexity index is 1350. The normalized spacial score (nSPS) is 14.7. The first-order chi connectivity index (χ1) is 17.0. The smallest absolute Gasteiger partial charge is 0.335 e. The van der Waals surface area contributed by atoms with Crippen LogP contribution in [0.15, 0.2) is 66.2 Å². The number of unbranched alkanes of at least 4 members (excludes halogenated alkanes) is 1. The van der Waals surface area contributed by atoms with Gasteiger partial charge in [0, 0.05) is 5.56 Å². The molecular formula is C28H24N2O5. The van der Waals surface area contributed by atoms with Gasteiger partial charge in [-0.15, -0.1) is 6.42 Å². The first-order valence-electron chi connectivity index (χ1n) is 11.3. The van der Waals surface area contributed by atoms with E-state index in [1.54, 1.807) is 30.3 Å². The third-order valence-corrected chi connectivity index (χ3v) is 5.49. The second kappa shape index (κ2) is 10.6. The van der Waals surface area contributed by atoms with E-state index >= 15 is 0 Å². The molecule has 0 bridgehead atoms. The van der Waals surface area contributed by atoms with Gasteiger partial charge in [-0.3, -0.25) is 14.9 Å². The second-order valence-electron chi connectivity index (χ2n) is 7.85. The summed E-state index contributed by atoms with van der Waals surface area (Å²) in [5.74, 6) is 1.94. The predicted octanol–water partition coefficient (Wildman–Crippen LogP) is 4.70. The number of hydrogen-bond donors (Lipinski definition) is 1. The van der Waals surface area contributed by atoms with Gasteiger partial charge in [-0.25, -0.2) is 9.69 Å². The Morgan fingerprint density at radius 1 is 1.00 bits per heavy atom. The number of carbonyl (C=O) groups is 3. The van der Waals surface area contributed by atoms with E-state index in [9.17, 15) is 14.4 Å². The summed E-state index contributed by atoms with van der Waals surface area (Å²) in [7, 11) is 0. The van der Waals surface area contributed by atoms with Crippen molar-refractivity contribution >= 4 is 40.4 Å². The molecule has 3 aromatic rings. The van der Waals surface area contributed by atoms with Crippen molar-refractivity contribution in [1.29, 1.82) is 0 Å². The van der Waals surface area contributed by atoms with Crippen LogP contribution in [-0.4, -0.2) is 31.1 Å². The van der Waals surface area contributed by atoms with Crippen molar-refractivity contribution in [2.75, 3.05) is 18.1 Å². The van der Waals surface area contributed by atoms with Crippen molar-refractivity contribution in [3.8, 4) is 23.8 Å². The number of ether oxygens (including phenoxy) is 2. The Hall–Kier alpha value is -4.57. The Balaban J connectivity index is 1.72. The van der Waals surface area contributed by atoms with Crippen molar-refractivity contribution in [2.45, 2.75) is 19.8 Å². The van der Waals surface area contributed by atoms with Gasteiger partial charge in [-0.05, 0) is 53.6 Å². The van der Waals surface area contributed by atoms with Crippen LogP contribution in [-0.2, 0) is 9.59 Å². The Morgan fingerprint density at radius 2 is 1.77 bits per heavy atom. The SMILES string of the molecule is C#CCOc1ccc2ccccc2c1/C=C1/C(=O)NC(=O)N(c2ccc(OCCCC)cc2)C1=O. The number of amides is 4. The summed E-state index contributed by atoms with van der Waals surface area (Å²) in [6, 6.07) is 16.8. The number of anilines is 1. The Labute approximate surface area is 203 Å². The molecule has 0 aromatic heterocycles. The van der Waals surface area contributed by atoms with Crippen LogP contribution in [0, 0.1) is 12.3 Å². The highest BCUT2D eigenvalue weighted by atomic mass is 16.5. The van der Waals surface area contributed by atoms with Crippen LogP contribution >= 0.6 is 0 Å². The van der Waals surface area contributed by atoms with Gasteiger partial charge < -0.3 is 9.47 Å². The summed E-state index contributed by atoms with van der Waals surface area (Å²) in [5, 5.41) is 3.91. The molecular weight excluding hydrogens is 444 g/mol. The number of urea groups is 1. The number of benzene rings is 3. The lowest BCUT2D eigenvalue weighted by Gasteiger charge is -2.26. The number of hydrogen-bond acceptors (Lipinski definition) is 5. The zero-order valence-corrected chi connectivity index (χ0v) is 19.2. The van der Waals surface area contributed by atoms with Gasteiger partial charge in [0.15, 0.2) is 0 Å². The van der Waals surface area contributed by atoms with Crippen LogP contribution in [0.5, 0.6) is 11.5 Å². The number of nitrogens with zero attached hydrogens (tertiary/aromatic N) is 1. The number of fused-ring (bicyclic) bond motifs is 1. The molecule has 7 heteroatoms. The lowest BCUT2D eigenvalue weighted by atomic mass is 9.99. The molecule has 0 spiro atoms. The van der Waals surface area contributed by atoms with E-state index in [2.05, 4.69) is 18.2 Å². The maximum absolute atomic E-state index is 13.4. The van der Waals surface area contributed by atoms with Crippen LogP contribution in [0.25, 0.3) is 16.8 Å². The fourth-order valence-corrected chi connectivity index (χ4v) is 3.73. The standard InChI is InChI=1S/C28H24N2O5/c1-3-5-17-34-21-13-11-20(12-14-21)30-27(32)24(26(31)29-28(30)33)18-23-22-9-7-6-8-19(22)10-15-25(23)35-16-4-2/h2,6-15,18H,3,5,16-17H2,1H3,(H,29,31,33)/b24-18-. The summed E-state index contributed by atoms with van der Waals surface area (Å²) < 4.78 is 11.3. The van der Waals surface area contributed by atoms with Gasteiger partial charge in [0.05, 0.1) is 12.3 Å². The summed E-state index contributed by atoms with van der Waals surface area (Å²) in [6.45, 7) is 2.67. The molecule has 1 heterocycles. The molecule has 1 aliphatic rings. The fourth-order valence-electron chi connectivity index (χ4n) is 3.73. The number of imide groups is 2. The van der Waals surface area contributed by atoms with E-state index in [1.165, 1.54) is 6.08 Å². The molecule has 0 atom stereocenters. The van der Waals surface area contributed by atoms with Gasteiger partial charge in [-0.1, -0.05) is 49.6 Å². The van der Waals surface area contributed by atoms with E-state index in [0.717, 1.165) is 28.5 Å². The highest BCUT2D eigenvalue weighted by Crippen LogP contribution is 2.32. The van der Waals surface area contributed by atoms with Gasteiger partial charge in [0.25, 0.3) is 11.8 Å². The Morgan fingerprint density at radius 3 is 2.51 bits per heavy atom. The fraction of sp³-hybridized carbons (Fsp3) is 0.179. The van der Waals surface area contributed by atoms with Crippen LogP contribution in [0.3, 0.4) is 0 Å². The molecule has 4 rings (SSSR count). The molecule has 7 nitrogen and oxygen atoms in total. The summed E-state index contributed by atoms with van der Waals surface area (Å²) >= 11 is 0. The largest absolute Gasteiger partial charge is 0.494 e. The van der Waals surface area contributed by atoms with E-state index in [1.807, 2.05) is 30.3 Å². The first-order valence-corrected chi connectivity index (χ1v) is 11.3. The van der Waals surface area contributed by atoms with Gasteiger partial charge in [0.1, 0.15) is 23.7 Å². The number of carbonyl (C=O) groups excluding carboxylic acids is 3. The summed E-state index contributed by atoms with van der Waals surface area (Å²) in [4.78, 5) is 39.6. The molecule has 35 heavy (non-hydrogen) atoms. The third kappa shape index (κ3) is 5.02. The minimum atomic E-state index is -0.821. The van der Waals surface area contributed by atoms with Crippen LogP contribution in [0.2, 0.25) is 0 Å². The van der Waals surface area contributed by atoms with E-state index in [0.29, 0.717) is 29.4 Å². The van der Waals surface area contributed by atoms with Crippen molar-refractivity contribution in [3.05, 3.63) is 71.8 Å². The molecule has 0 unspecified atom stereocenters. The molecule has 0 aliphatic carbocycles. The van der Waals surface area contributed by atoms with E-state index in [4.69, 9.17) is 15.9 Å². The van der Waals surface area contributed by atoms with Crippen molar-refractivity contribution in [1.82, 2.24) is 5.32 Å². The second-order valence-corrected chi connectivity index (χ2v) is 7.85. The average molecular weight is 469 g/mol. The average Bonchev–Trinajstić information content (AvgIpc) is 2.86. The van der Waals surface area contributed by atoms with Gasteiger partial charge in [-0.2, -0.15) is 0 Å². The minimum absolute atomic E-state index is 0.0198. The van der Waals surface area contributed by atoms with Gasteiger partial charge in [0.2, 0.25) is 0 Å². The van der Waals surface area contributed by atoms with Crippen LogP contribution < -0.4 is 19.7 Å². The highest BCUT2D eigenvalue weighted by molar-refractivity contribution is 6.39. The minimum Gasteiger partial charge on any atom is -0.494 e. The topological polar surface area (TPSA) is 84.9 Å². The van der Waals surface area contributed by atoms with Crippen molar-refractivity contribution in [2.24, 2.45) is 0 Å². The molecule has 1 N–H and O–H groups in total. The lowest BCUT2D eigenvalue weighted by molar-refractivity contribution is -0.122. The molecule has 0 radical (unpaired) electrons. The number of nitrogens with one attached hydrogen (secondary N) is 1. The van der Waals surface area contributed by atoms with E-state index in [-0.39, 0.29) is 12.2 Å². The molecule has 3 aromatic carbocycles. The van der Waals surface area contributed by atoms with E-state index < -0.39 is 17.8 Å². The maximum atomic E-state index is 13.4. The van der Waals surface area contributed by atoms with Crippen LogP contribution in [0.4, 0.5) is 10.5 Å². The van der Waals surface area contributed by atoms with Crippen LogP contribution in [0.1, 0.15) is 25.3 Å². The molecule has 176 valence electrons. The maximum Gasteiger partial charge on any atom is 0.335 e.